The molecular weight excluding hydrogens is 172 g/mol. The first-order valence-corrected chi connectivity index (χ1v) is 5.79. The Morgan fingerprint density at radius 2 is 1.86 bits per heavy atom. The Morgan fingerprint density at radius 1 is 1.29 bits per heavy atom. The number of hydrogen-bond donors (Lipinski definition) is 1. The average Bonchev–Trinajstić information content (AvgIpc) is 2.29. The van der Waals surface area contributed by atoms with Gasteiger partial charge in [-0.15, -0.1) is 0 Å². The van der Waals surface area contributed by atoms with Gasteiger partial charge in [0.2, 0.25) is 0 Å². The van der Waals surface area contributed by atoms with Crippen molar-refractivity contribution >= 4 is 0 Å². The molecule has 84 valence electrons. The molecule has 1 N–H and O–H groups in total. The lowest BCUT2D eigenvalue weighted by Gasteiger charge is -2.35. The van der Waals surface area contributed by atoms with Crippen LogP contribution in [0, 0.1) is 11.8 Å². The van der Waals surface area contributed by atoms with Crippen molar-refractivity contribution in [1.29, 1.82) is 0 Å². The van der Waals surface area contributed by atoms with E-state index in [0.29, 0.717) is 12.0 Å². The van der Waals surface area contributed by atoms with E-state index in [0.717, 1.165) is 5.92 Å². The van der Waals surface area contributed by atoms with Crippen LogP contribution in [-0.4, -0.2) is 36.6 Å². The minimum atomic E-state index is 0.254. The number of nitrogens with one attached hydrogen (secondary N) is 1. The van der Waals surface area contributed by atoms with Crippen LogP contribution in [0.5, 0.6) is 0 Å². The van der Waals surface area contributed by atoms with Gasteiger partial charge in [0.25, 0.3) is 0 Å². The Balaban J connectivity index is 2.52. The van der Waals surface area contributed by atoms with E-state index in [2.05, 4.69) is 51.9 Å². The fourth-order valence-electron chi connectivity index (χ4n) is 2.04. The van der Waals surface area contributed by atoms with Crippen molar-refractivity contribution in [1.82, 2.24) is 10.2 Å². The number of rotatable bonds is 3. The Hall–Kier alpha value is -0.0800. The molecule has 2 atom stereocenters. The summed E-state index contributed by atoms with van der Waals surface area (Å²) in [6, 6.07) is 0.664. The van der Waals surface area contributed by atoms with Crippen LogP contribution in [0.15, 0.2) is 0 Å². The summed E-state index contributed by atoms with van der Waals surface area (Å²) in [6.45, 7) is 14.0. The molecule has 14 heavy (non-hydrogen) atoms. The quantitative estimate of drug-likeness (QED) is 0.746. The smallest absolute Gasteiger partial charge is 0.0237 e. The first kappa shape index (κ1) is 12.0. The Kier molecular flexibility index (Phi) is 3.59. The monoisotopic (exact) mass is 198 g/mol. The van der Waals surface area contributed by atoms with Gasteiger partial charge in [0.05, 0.1) is 0 Å². The van der Waals surface area contributed by atoms with Gasteiger partial charge in [-0.3, -0.25) is 0 Å². The van der Waals surface area contributed by atoms with Crippen molar-refractivity contribution in [2.75, 3.05) is 20.1 Å². The molecule has 0 saturated carbocycles. The minimum absolute atomic E-state index is 0.254. The Morgan fingerprint density at radius 3 is 2.21 bits per heavy atom. The molecule has 1 fully saturated rings. The molecule has 0 bridgehead atoms. The van der Waals surface area contributed by atoms with Crippen molar-refractivity contribution in [3.05, 3.63) is 0 Å². The van der Waals surface area contributed by atoms with Gasteiger partial charge in [0.15, 0.2) is 0 Å². The maximum Gasteiger partial charge on any atom is 0.0237 e. The number of likely N-dealkylation sites (tertiary alicyclic amines) is 1. The minimum Gasteiger partial charge on any atom is -0.307 e. The molecule has 0 aromatic heterocycles. The fourth-order valence-corrected chi connectivity index (χ4v) is 2.04. The van der Waals surface area contributed by atoms with Gasteiger partial charge in [0, 0.05) is 24.7 Å². The number of hydrogen-bond acceptors (Lipinski definition) is 2. The summed E-state index contributed by atoms with van der Waals surface area (Å²) in [5.41, 5.74) is 0.254. The molecule has 2 heteroatoms. The molecule has 1 aliphatic heterocycles. The molecule has 1 aliphatic rings. The second-order valence-corrected chi connectivity index (χ2v) is 5.83. The lowest BCUT2D eigenvalue weighted by Crippen LogP contribution is -2.51. The first-order valence-electron chi connectivity index (χ1n) is 5.79. The number of likely N-dealkylation sites (N-methyl/N-ethyl adjacent to an activating group) is 1. The predicted octanol–water partition coefficient (Wildman–Crippen LogP) is 1.96. The molecule has 0 spiro atoms. The van der Waals surface area contributed by atoms with Gasteiger partial charge in [-0.1, -0.05) is 20.8 Å². The average molecular weight is 198 g/mol. The third-order valence-corrected chi connectivity index (χ3v) is 3.80. The standard InChI is InChI=1S/C12H26N2/c1-9(2)12(4,5)13-11-8-14(6)7-10(11)3/h9-11,13H,7-8H2,1-6H3. The largest absolute Gasteiger partial charge is 0.307 e. The maximum atomic E-state index is 3.79. The molecule has 1 heterocycles. The molecule has 1 rings (SSSR count). The summed E-state index contributed by atoms with van der Waals surface area (Å²) in [7, 11) is 2.21. The van der Waals surface area contributed by atoms with Crippen LogP contribution in [0.2, 0.25) is 0 Å². The molecule has 0 radical (unpaired) electrons. The molecule has 2 unspecified atom stereocenters. The zero-order valence-electron chi connectivity index (χ0n) is 10.6. The molecule has 0 aliphatic carbocycles. The predicted molar refractivity (Wildman–Crippen MR) is 62.5 cm³/mol. The first-order chi connectivity index (χ1) is 6.33. The fraction of sp³-hybridized carbons (Fsp3) is 1.00. The molecule has 0 amide bonds. The highest BCUT2D eigenvalue weighted by atomic mass is 15.2. The van der Waals surface area contributed by atoms with Crippen LogP contribution in [0.3, 0.4) is 0 Å². The second-order valence-electron chi connectivity index (χ2n) is 5.83. The zero-order valence-corrected chi connectivity index (χ0v) is 10.6. The van der Waals surface area contributed by atoms with Gasteiger partial charge < -0.3 is 10.2 Å². The second kappa shape index (κ2) is 4.19. The molecule has 1 saturated heterocycles. The van der Waals surface area contributed by atoms with Crippen molar-refractivity contribution in [2.24, 2.45) is 11.8 Å². The summed E-state index contributed by atoms with van der Waals surface area (Å²) >= 11 is 0. The molecule has 0 aromatic rings. The Bertz CT molecular complexity index is 187. The van der Waals surface area contributed by atoms with Crippen molar-refractivity contribution < 1.29 is 0 Å². The third-order valence-electron chi connectivity index (χ3n) is 3.80. The van der Waals surface area contributed by atoms with E-state index in [4.69, 9.17) is 0 Å². The number of nitrogens with zero attached hydrogens (tertiary/aromatic N) is 1. The highest BCUT2D eigenvalue weighted by Gasteiger charge is 2.32. The van der Waals surface area contributed by atoms with Crippen LogP contribution in [0.4, 0.5) is 0 Å². The summed E-state index contributed by atoms with van der Waals surface area (Å²) in [4.78, 5) is 2.42. The van der Waals surface area contributed by atoms with Gasteiger partial charge in [-0.2, -0.15) is 0 Å². The van der Waals surface area contributed by atoms with Gasteiger partial charge >= 0.3 is 0 Å². The van der Waals surface area contributed by atoms with E-state index >= 15 is 0 Å². The van der Waals surface area contributed by atoms with Crippen molar-refractivity contribution in [2.45, 2.75) is 46.2 Å². The lowest BCUT2D eigenvalue weighted by molar-refractivity contribution is 0.239. The van der Waals surface area contributed by atoms with E-state index in [1.54, 1.807) is 0 Å². The van der Waals surface area contributed by atoms with Crippen LogP contribution in [0.25, 0.3) is 0 Å². The van der Waals surface area contributed by atoms with E-state index in [9.17, 15) is 0 Å². The van der Waals surface area contributed by atoms with E-state index in [1.165, 1.54) is 13.1 Å². The summed E-state index contributed by atoms with van der Waals surface area (Å²) < 4.78 is 0. The van der Waals surface area contributed by atoms with Crippen LogP contribution in [0.1, 0.15) is 34.6 Å². The van der Waals surface area contributed by atoms with Crippen LogP contribution < -0.4 is 5.32 Å². The van der Waals surface area contributed by atoms with Crippen molar-refractivity contribution in [3.8, 4) is 0 Å². The summed E-state index contributed by atoms with van der Waals surface area (Å²) in [5, 5.41) is 3.79. The zero-order chi connectivity index (χ0) is 10.9. The maximum absolute atomic E-state index is 3.79. The summed E-state index contributed by atoms with van der Waals surface area (Å²) in [6.07, 6.45) is 0. The highest BCUT2D eigenvalue weighted by molar-refractivity contribution is 4.92. The van der Waals surface area contributed by atoms with Crippen LogP contribution in [-0.2, 0) is 0 Å². The molecule has 0 aromatic carbocycles. The summed E-state index contributed by atoms with van der Waals surface area (Å²) in [5.74, 6) is 1.46. The lowest BCUT2D eigenvalue weighted by atomic mass is 9.88. The molecular formula is C12H26N2. The van der Waals surface area contributed by atoms with Crippen LogP contribution >= 0.6 is 0 Å². The SMILES string of the molecule is CC1CN(C)CC1NC(C)(C)C(C)C. The van der Waals surface area contributed by atoms with Crippen molar-refractivity contribution in [3.63, 3.8) is 0 Å². The van der Waals surface area contributed by atoms with E-state index in [-0.39, 0.29) is 5.54 Å². The molecule has 2 nitrogen and oxygen atoms in total. The third kappa shape index (κ3) is 2.71. The van der Waals surface area contributed by atoms with E-state index < -0.39 is 0 Å². The van der Waals surface area contributed by atoms with Gasteiger partial charge in [-0.05, 0) is 32.7 Å². The normalized spacial score (nSPS) is 30.2. The Labute approximate surface area is 89.1 Å². The highest BCUT2D eigenvalue weighted by Crippen LogP contribution is 2.21. The van der Waals surface area contributed by atoms with Gasteiger partial charge in [0.1, 0.15) is 0 Å². The topological polar surface area (TPSA) is 15.3 Å². The van der Waals surface area contributed by atoms with Gasteiger partial charge in [-0.25, -0.2) is 0 Å². The van der Waals surface area contributed by atoms with E-state index in [1.807, 2.05) is 0 Å².